The molecule has 3 rings (SSSR count). The van der Waals surface area contributed by atoms with Crippen LogP contribution in [0.4, 0.5) is 0 Å². The molecule has 3 nitrogen and oxygen atoms in total. The van der Waals surface area contributed by atoms with Crippen LogP contribution in [0.15, 0.2) is 60.8 Å². The van der Waals surface area contributed by atoms with Crippen LogP contribution >= 0.6 is 11.6 Å². The molecule has 0 unspecified atom stereocenters. The van der Waals surface area contributed by atoms with Gasteiger partial charge in [-0.1, -0.05) is 54.1 Å². The van der Waals surface area contributed by atoms with Gasteiger partial charge in [-0.3, -0.25) is 0 Å². The smallest absolute Gasteiger partial charge is 0.0961 e. The number of para-hydroxylation sites is 1. The van der Waals surface area contributed by atoms with E-state index >= 15 is 0 Å². The van der Waals surface area contributed by atoms with Crippen LogP contribution in [0, 0.1) is 0 Å². The molecule has 100 valence electrons. The van der Waals surface area contributed by atoms with Crippen LogP contribution in [0.5, 0.6) is 0 Å². The van der Waals surface area contributed by atoms with Crippen molar-refractivity contribution < 1.29 is 5.11 Å². The van der Waals surface area contributed by atoms with E-state index in [-0.39, 0.29) is 6.61 Å². The molecule has 3 aromatic rings. The van der Waals surface area contributed by atoms with Gasteiger partial charge < -0.3 is 5.11 Å². The number of hydrogen-bond donors (Lipinski definition) is 1. The van der Waals surface area contributed by atoms with Crippen molar-refractivity contribution in [1.29, 1.82) is 0 Å². The Morgan fingerprint density at radius 3 is 2.40 bits per heavy atom. The third-order valence-corrected chi connectivity index (χ3v) is 3.44. The van der Waals surface area contributed by atoms with E-state index in [4.69, 9.17) is 11.6 Å². The minimum absolute atomic E-state index is 0.109. The normalized spacial score (nSPS) is 10.7. The first-order valence-electron chi connectivity index (χ1n) is 6.29. The zero-order valence-electron chi connectivity index (χ0n) is 10.7. The molecule has 0 spiro atoms. The Balaban J connectivity index is 2.13. The first-order valence-corrected chi connectivity index (χ1v) is 6.67. The SMILES string of the molecule is OCc1nn(-c2ccccc2Cl)cc1-c1ccccc1. The van der Waals surface area contributed by atoms with Crippen LogP contribution in [0.1, 0.15) is 5.69 Å². The van der Waals surface area contributed by atoms with Crippen LogP contribution in [-0.4, -0.2) is 14.9 Å². The average Bonchev–Trinajstić information content (AvgIpc) is 2.92. The fraction of sp³-hybridized carbons (Fsp3) is 0.0625. The number of aliphatic hydroxyl groups is 1. The zero-order valence-corrected chi connectivity index (χ0v) is 11.5. The summed E-state index contributed by atoms with van der Waals surface area (Å²) in [7, 11) is 0. The van der Waals surface area contributed by atoms with Gasteiger partial charge in [0.05, 0.1) is 23.0 Å². The summed E-state index contributed by atoms with van der Waals surface area (Å²) in [6.07, 6.45) is 1.89. The van der Waals surface area contributed by atoms with Gasteiger partial charge in [0.2, 0.25) is 0 Å². The molecule has 0 saturated carbocycles. The van der Waals surface area contributed by atoms with E-state index in [1.165, 1.54) is 0 Å². The Morgan fingerprint density at radius 2 is 1.70 bits per heavy atom. The zero-order chi connectivity index (χ0) is 13.9. The highest BCUT2D eigenvalue weighted by atomic mass is 35.5. The predicted molar refractivity (Wildman–Crippen MR) is 79.9 cm³/mol. The Hall–Kier alpha value is -2.10. The number of rotatable bonds is 3. The second-order valence-electron chi connectivity index (χ2n) is 4.41. The average molecular weight is 285 g/mol. The number of aliphatic hydroxyl groups excluding tert-OH is 1. The molecule has 1 aromatic heterocycles. The molecular weight excluding hydrogens is 272 g/mol. The first-order chi connectivity index (χ1) is 9.79. The van der Waals surface area contributed by atoms with E-state index < -0.39 is 0 Å². The molecule has 0 atom stereocenters. The molecule has 0 aliphatic heterocycles. The van der Waals surface area contributed by atoms with Crippen molar-refractivity contribution in [2.75, 3.05) is 0 Å². The summed E-state index contributed by atoms with van der Waals surface area (Å²) in [5.41, 5.74) is 3.37. The van der Waals surface area contributed by atoms with Gasteiger partial charge in [-0.05, 0) is 17.7 Å². The molecule has 20 heavy (non-hydrogen) atoms. The molecule has 0 aliphatic rings. The topological polar surface area (TPSA) is 38.1 Å². The van der Waals surface area contributed by atoms with Gasteiger partial charge in [0.15, 0.2) is 0 Å². The van der Waals surface area contributed by atoms with Gasteiger partial charge in [-0.25, -0.2) is 4.68 Å². The van der Waals surface area contributed by atoms with Crippen molar-refractivity contribution in [3.63, 3.8) is 0 Å². The summed E-state index contributed by atoms with van der Waals surface area (Å²) >= 11 is 6.19. The van der Waals surface area contributed by atoms with Crippen molar-refractivity contribution in [2.24, 2.45) is 0 Å². The first kappa shape index (κ1) is 12.9. The number of aromatic nitrogens is 2. The number of nitrogens with zero attached hydrogens (tertiary/aromatic N) is 2. The lowest BCUT2D eigenvalue weighted by Crippen LogP contribution is -1.96. The molecule has 1 heterocycles. The molecule has 0 fully saturated rings. The highest BCUT2D eigenvalue weighted by molar-refractivity contribution is 6.32. The Labute approximate surface area is 122 Å². The van der Waals surface area contributed by atoms with Crippen molar-refractivity contribution in [3.05, 3.63) is 71.5 Å². The second-order valence-corrected chi connectivity index (χ2v) is 4.82. The number of benzene rings is 2. The minimum Gasteiger partial charge on any atom is -0.390 e. The van der Waals surface area contributed by atoms with Gasteiger partial charge in [0.1, 0.15) is 0 Å². The number of hydrogen-bond acceptors (Lipinski definition) is 2. The van der Waals surface area contributed by atoms with Crippen molar-refractivity contribution in [1.82, 2.24) is 9.78 Å². The van der Waals surface area contributed by atoms with Crippen LogP contribution in [0.2, 0.25) is 5.02 Å². The summed E-state index contributed by atoms with van der Waals surface area (Å²) in [5, 5.41) is 14.5. The summed E-state index contributed by atoms with van der Waals surface area (Å²) in [6.45, 7) is -0.109. The fourth-order valence-corrected chi connectivity index (χ4v) is 2.37. The monoisotopic (exact) mass is 284 g/mol. The summed E-state index contributed by atoms with van der Waals surface area (Å²) < 4.78 is 1.70. The van der Waals surface area contributed by atoms with Gasteiger partial charge >= 0.3 is 0 Å². The maximum absolute atomic E-state index is 9.50. The largest absolute Gasteiger partial charge is 0.390 e. The maximum atomic E-state index is 9.50. The van der Waals surface area contributed by atoms with Crippen molar-refractivity contribution >= 4 is 11.6 Å². The molecule has 0 amide bonds. The van der Waals surface area contributed by atoms with Crippen molar-refractivity contribution in [2.45, 2.75) is 6.61 Å². The maximum Gasteiger partial charge on any atom is 0.0961 e. The van der Waals surface area contributed by atoms with Crippen molar-refractivity contribution in [3.8, 4) is 16.8 Å². The van der Waals surface area contributed by atoms with E-state index in [0.29, 0.717) is 10.7 Å². The molecule has 0 saturated heterocycles. The standard InChI is InChI=1S/C16H13ClN2O/c17-14-8-4-5-9-16(14)19-10-13(15(11-20)18-19)12-6-2-1-3-7-12/h1-10,20H,11H2. The van der Waals surface area contributed by atoms with E-state index in [1.807, 2.05) is 60.8 Å². The molecule has 1 N–H and O–H groups in total. The highest BCUT2D eigenvalue weighted by Crippen LogP contribution is 2.26. The van der Waals surface area contributed by atoms with Gasteiger partial charge in [-0.15, -0.1) is 0 Å². The quantitative estimate of drug-likeness (QED) is 0.797. The molecule has 4 heteroatoms. The van der Waals surface area contributed by atoms with Gasteiger partial charge in [-0.2, -0.15) is 5.10 Å². The van der Waals surface area contributed by atoms with Gasteiger partial charge in [0.25, 0.3) is 0 Å². The van der Waals surface area contributed by atoms with Gasteiger partial charge in [0, 0.05) is 11.8 Å². The fourth-order valence-electron chi connectivity index (χ4n) is 2.15. The second kappa shape index (κ2) is 5.49. The molecule has 0 bridgehead atoms. The summed E-state index contributed by atoms with van der Waals surface area (Å²) in [5.74, 6) is 0. The van der Waals surface area contributed by atoms with Crippen LogP contribution in [-0.2, 0) is 6.61 Å². The van der Waals surface area contributed by atoms with Crippen LogP contribution in [0.3, 0.4) is 0 Å². The molecule has 0 aliphatic carbocycles. The third-order valence-electron chi connectivity index (χ3n) is 3.12. The minimum atomic E-state index is -0.109. The lowest BCUT2D eigenvalue weighted by molar-refractivity contribution is 0.276. The Morgan fingerprint density at radius 1 is 1.00 bits per heavy atom. The van der Waals surface area contributed by atoms with E-state index in [9.17, 15) is 5.11 Å². The van der Waals surface area contributed by atoms with E-state index in [2.05, 4.69) is 5.10 Å². The number of halogens is 1. The third kappa shape index (κ3) is 2.33. The van der Waals surface area contributed by atoms with E-state index in [1.54, 1.807) is 4.68 Å². The van der Waals surface area contributed by atoms with Crippen LogP contribution < -0.4 is 0 Å². The van der Waals surface area contributed by atoms with Crippen LogP contribution in [0.25, 0.3) is 16.8 Å². The Kier molecular flexibility index (Phi) is 3.54. The predicted octanol–water partition coefficient (Wildman–Crippen LogP) is 3.69. The lowest BCUT2D eigenvalue weighted by Gasteiger charge is -2.02. The molecular formula is C16H13ClN2O. The molecule has 2 aromatic carbocycles. The lowest BCUT2D eigenvalue weighted by atomic mass is 10.1. The molecule has 0 radical (unpaired) electrons. The summed E-state index contributed by atoms with van der Waals surface area (Å²) in [6, 6.07) is 17.4. The summed E-state index contributed by atoms with van der Waals surface area (Å²) in [4.78, 5) is 0. The Bertz CT molecular complexity index is 722. The van der Waals surface area contributed by atoms with E-state index in [0.717, 1.165) is 16.8 Å². The highest BCUT2D eigenvalue weighted by Gasteiger charge is 2.12.